The lowest BCUT2D eigenvalue weighted by atomic mass is 9.77. The molecule has 98 valence electrons. The first-order chi connectivity index (χ1) is 7.77. The van der Waals surface area contributed by atoms with Crippen LogP contribution in [0.5, 0.6) is 0 Å². The van der Waals surface area contributed by atoms with Crippen LogP contribution < -0.4 is 0 Å². The molecule has 0 fully saturated rings. The van der Waals surface area contributed by atoms with Crippen molar-refractivity contribution in [1.82, 2.24) is 0 Å². The Labute approximate surface area is 117 Å². The van der Waals surface area contributed by atoms with Crippen molar-refractivity contribution in [1.29, 1.82) is 0 Å². The van der Waals surface area contributed by atoms with Gasteiger partial charge in [-0.3, -0.25) is 4.79 Å². The SMILES string of the molecule is CC(=O)O[C@@H]1C[C@H](Cl)C(C)(C)C=C1C(Cl)CCl. The minimum Gasteiger partial charge on any atom is -0.458 e. The summed E-state index contributed by atoms with van der Waals surface area (Å²) in [5.74, 6) is -0.0447. The van der Waals surface area contributed by atoms with Gasteiger partial charge in [-0.1, -0.05) is 19.9 Å². The summed E-state index contributed by atoms with van der Waals surface area (Å²) in [7, 11) is 0. The molecule has 0 bridgehead atoms. The maximum atomic E-state index is 11.1. The third kappa shape index (κ3) is 3.77. The number of rotatable bonds is 3. The first kappa shape index (κ1) is 15.1. The lowest BCUT2D eigenvalue weighted by Gasteiger charge is -2.38. The van der Waals surface area contributed by atoms with Crippen LogP contribution >= 0.6 is 34.8 Å². The van der Waals surface area contributed by atoms with E-state index in [0.717, 1.165) is 5.57 Å². The number of halogens is 3. The number of carbonyl (C=O) groups excluding carboxylic acids is 1. The highest BCUT2D eigenvalue weighted by Gasteiger charge is 2.38. The van der Waals surface area contributed by atoms with E-state index >= 15 is 0 Å². The van der Waals surface area contributed by atoms with Crippen LogP contribution in [-0.4, -0.2) is 28.7 Å². The van der Waals surface area contributed by atoms with Crippen LogP contribution in [0.3, 0.4) is 0 Å². The van der Waals surface area contributed by atoms with Crippen LogP contribution in [0.25, 0.3) is 0 Å². The third-order valence-corrected chi connectivity index (χ3v) is 4.56. The average Bonchev–Trinajstić information content (AvgIpc) is 2.21. The van der Waals surface area contributed by atoms with Crippen molar-refractivity contribution < 1.29 is 9.53 Å². The molecule has 17 heavy (non-hydrogen) atoms. The number of ether oxygens (including phenoxy) is 1. The largest absolute Gasteiger partial charge is 0.458 e. The summed E-state index contributed by atoms with van der Waals surface area (Å²) in [6, 6.07) is 0. The zero-order chi connectivity index (χ0) is 13.2. The maximum absolute atomic E-state index is 11.1. The smallest absolute Gasteiger partial charge is 0.303 e. The van der Waals surface area contributed by atoms with E-state index in [2.05, 4.69) is 0 Å². The summed E-state index contributed by atoms with van der Waals surface area (Å²) in [6.07, 6.45) is 2.20. The van der Waals surface area contributed by atoms with Crippen molar-refractivity contribution in [3.8, 4) is 0 Å². The predicted molar refractivity (Wildman–Crippen MR) is 72.0 cm³/mol. The summed E-state index contributed by atoms with van der Waals surface area (Å²) >= 11 is 18.2. The van der Waals surface area contributed by atoms with Crippen molar-refractivity contribution in [2.45, 2.75) is 44.1 Å². The summed E-state index contributed by atoms with van der Waals surface area (Å²) in [5.41, 5.74) is 0.686. The first-order valence-corrected chi connectivity index (χ1v) is 6.92. The fourth-order valence-corrected chi connectivity index (χ4v) is 2.54. The second kappa shape index (κ2) is 5.81. The van der Waals surface area contributed by atoms with E-state index in [4.69, 9.17) is 39.5 Å². The highest BCUT2D eigenvalue weighted by molar-refractivity contribution is 6.29. The highest BCUT2D eigenvalue weighted by atomic mass is 35.5. The third-order valence-electron chi connectivity index (χ3n) is 2.94. The molecule has 0 amide bonds. The molecule has 0 heterocycles. The fraction of sp³-hybridized carbons (Fsp3) is 0.750. The van der Waals surface area contributed by atoms with Crippen molar-refractivity contribution >= 4 is 40.8 Å². The van der Waals surface area contributed by atoms with Crippen LogP contribution in [0.4, 0.5) is 0 Å². The molecule has 0 spiro atoms. The van der Waals surface area contributed by atoms with Gasteiger partial charge in [0.2, 0.25) is 0 Å². The molecule has 0 aromatic carbocycles. The molecule has 1 unspecified atom stereocenters. The van der Waals surface area contributed by atoms with Gasteiger partial charge >= 0.3 is 5.97 Å². The molecular formula is C12H17Cl3O2. The van der Waals surface area contributed by atoms with Gasteiger partial charge in [-0.25, -0.2) is 0 Å². The van der Waals surface area contributed by atoms with Gasteiger partial charge in [-0.15, -0.1) is 34.8 Å². The van der Waals surface area contributed by atoms with Crippen LogP contribution in [0.15, 0.2) is 11.6 Å². The van der Waals surface area contributed by atoms with Crippen LogP contribution in [-0.2, 0) is 9.53 Å². The molecule has 0 saturated carbocycles. The zero-order valence-electron chi connectivity index (χ0n) is 10.2. The average molecular weight is 300 g/mol. The van der Waals surface area contributed by atoms with Crippen LogP contribution in [0, 0.1) is 5.41 Å². The molecule has 3 atom stereocenters. The Kier molecular flexibility index (Phi) is 5.18. The van der Waals surface area contributed by atoms with Gasteiger partial charge in [0.05, 0.1) is 5.38 Å². The van der Waals surface area contributed by atoms with Crippen LogP contribution in [0.2, 0.25) is 0 Å². The lowest BCUT2D eigenvalue weighted by molar-refractivity contribution is -0.145. The molecular weight excluding hydrogens is 282 g/mol. The maximum Gasteiger partial charge on any atom is 0.303 e. The van der Waals surface area contributed by atoms with Crippen molar-refractivity contribution in [2.24, 2.45) is 5.41 Å². The minimum absolute atomic E-state index is 0.0882. The normalized spacial score (nSPS) is 29.4. The molecule has 0 N–H and O–H groups in total. The predicted octanol–water partition coefficient (Wildman–Crippen LogP) is 3.73. The highest BCUT2D eigenvalue weighted by Crippen LogP contribution is 2.40. The van der Waals surface area contributed by atoms with E-state index in [0.29, 0.717) is 6.42 Å². The van der Waals surface area contributed by atoms with E-state index in [1.54, 1.807) is 0 Å². The number of allylic oxidation sites excluding steroid dienone is 1. The Morgan fingerprint density at radius 3 is 2.71 bits per heavy atom. The second-order valence-electron chi connectivity index (χ2n) is 4.89. The second-order valence-corrected chi connectivity index (χ2v) is 6.25. The summed E-state index contributed by atoms with van der Waals surface area (Å²) in [4.78, 5) is 11.1. The molecule has 0 aromatic rings. The molecule has 1 aliphatic rings. The van der Waals surface area contributed by atoms with Crippen molar-refractivity contribution in [3.05, 3.63) is 11.6 Å². The van der Waals surface area contributed by atoms with E-state index in [1.165, 1.54) is 6.92 Å². The van der Waals surface area contributed by atoms with Gasteiger partial charge in [-0.05, 0) is 11.0 Å². The number of esters is 1. The molecule has 5 heteroatoms. The summed E-state index contributed by atoms with van der Waals surface area (Å²) in [5, 5.41) is -0.417. The van der Waals surface area contributed by atoms with E-state index in [9.17, 15) is 4.79 Å². The molecule has 0 aliphatic heterocycles. The molecule has 1 rings (SSSR count). The number of hydrogen-bond acceptors (Lipinski definition) is 2. The Morgan fingerprint density at radius 1 is 1.65 bits per heavy atom. The fourth-order valence-electron chi connectivity index (χ4n) is 1.94. The van der Waals surface area contributed by atoms with Gasteiger partial charge in [0.1, 0.15) is 6.10 Å². The van der Waals surface area contributed by atoms with Gasteiger partial charge in [-0.2, -0.15) is 0 Å². The standard InChI is InChI=1S/C12H17Cl3O2/c1-7(16)17-10-4-11(15)12(2,3)5-8(10)9(14)6-13/h5,9-11H,4,6H2,1-3H3/t9?,10-,11+/m1/s1. The minimum atomic E-state index is -0.357. The number of alkyl halides is 3. The lowest BCUT2D eigenvalue weighted by Crippen LogP contribution is -2.38. The van der Waals surface area contributed by atoms with E-state index in [1.807, 2.05) is 19.9 Å². The van der Waals surface area contributed by atoms with Crippen molar-refractivity contribution in [3.63, 3.8) is 0 Å². The summed E-state index contributed by atoms with van der Waals surface area (Å²) in [6.45, 7) is 5.45. The Bertz CT molecular complexity index is 326. The van der Waals surface area contributed by atoms with Gasteiger partial charge in [0.25, 0.3) is 0 Å². The Morgan fingerprint density at radius 2 is 2.24 bits per heavy atom. The Hall–Kier alpha value is 0.0800. The van der Waals surface area contributed by atoms with Gasteiger partial charge < -0.3 is 4.74 Å². The molecule has 2 nitrogen and oxygen atoms in total. The molecule has 1 aliphatic carbocycles. The monoisotopic (exact) mass is 298 g/mol. The van der Waals surface area contributed by atoms with Crippen molar-refractivity contribution in [2.75, 3.05) is 5.88 Å². The van der Waals surface area contributed by atoms with Gasteiger partial charge in [0.15, 0.2) is 0 Å². The first-order valence-electron chi connectivity index (χ1n) is 5.52. The summed E-state index contributed by atoms with van der Waals surface area (Å²) < 4.78 is 5.26. The molecule has 0 radical (unpaired) electrons. The topological polar surface area (TPSA) is 26.3 Å². The number of carbonyl (C=O) groups is 1. The van der Waals surface area contributed by atoms with E-state index in [-0.39, 0.29) is 34.1 Å². The van der Waals surface area contributed by atoms with Crippen LogP contribution in [0.1, 0.15) is 27.2 Å². The number of hydrogen-bond donors (Lipinski definition) is 0. The molecule has 0 aromatic heterocycles. The van der Waals surface area contributed by atoms with E-state index < -0.39 is 0 Å². The zero-order valence-corrected chi connectivity index (χ0v) is 12.4. The molecule has 0 saturated heterocycles. The van der Waals surface area contributed by atoms with Gasteiger partial charge in [0, 0.05) is 24.6 Å². The quantitative estimate of drug-likeness (QED) is 0.451. The Balaban J connectivity index is 3.00.